The predicted molar refractivity (Wildman–Crippen MR) is 81.0 cm³/mol. The highest BCUT2D eigenvalue weighted by Crippen LogP contribution is 2.22. The minimum absolute atomic E-state index is 0.219. The highest BCUT2D eigenvalue weighted by molar-refractivity contribution is 6.35. The number of rotatable bonds is 8. The van der Waals surface area contributed by atoms with Gasteiger partial charge in [-0.2, -0.15) is 0 Å². The number of carbonyl (C=O) groups is 2. The highest BCUT2D eigenvalue weighted by atomic mass is 35.5. The minimum Gasteiger partial charge on any atom is -0.480 e. The van der Waals surface area contributed by atoms with Gasteiger partial charge in [0.15, 0.2) is 0 Å². The van der Waals surface area contributed by atoms with Crippen LogP contribution in [0.3, 0.4) is 0 Å². The molecule has 1 unspecified atom stereocenters. The van der Waals surface area contributed by atoms with Crippen molar-refractivity contribution in [3.05, 3.63) is 28.2 Å². The summed E-state index contributed by atoms with van der Waals surface area (Å²) in [5.41, 5.74) is 0.415. The van der Waals surface area contributed by atoms with Crippen LogP contribution in [0.4, 0.5) is 5.69 Å². The molecule has 1 atom stereocenters. The molecule has 0 aliphatic heterocycles. The van der Waals surface area contributed by atoms with E-state index in [1.54, 1.807) is 0 Å². The molecule has 1 rings (SSSR count). The van der Waals surface area contributed by atoms with Crippen LogP contribution in [0.1, 0.15) is 6.42 Å². The van der Waals surface area contributed by atoms with Crippen molar-refractivity contribution in [1.29, 1.82) is 0 Å². The van der Waals surface area contributed by atoms with E-state index in [4.69, 9.17) is 33.0 Å². The first-order valence-corrected chi connectivity index (χ1v) is 6.89. The Hall–Kier alpha value is -1.34. The van der Waals surface area contributed by atoms with Crippen molar-refractivity contribution in [1.82, 2.24) is 5.32 Å². The number of hydrogen-bond acceptors (Lipinski definition) is 4. The summed E-state index contributed by atoms with van der Waals surface area (Å²) in [5, 5.41) is 15.1. The lowest BCUT2D eigenvalue weighted by molar-refractivity contribution is -0.141. The van der Waals surface area contributed by atoms with Crippen LogP contribution in [0.5, 0.6) is 0 Å². The largest absolute Gasteiger partial charge is 0.480 e. The SMILES string of the molecule is COCCNC(CC(=O)Nc1cc(Cl)cc(Cl)c1)C(=O)O. The van der Waals surface area contributed by atoms with Gasteiger partial charge in [-0.05, 0) is 18.2 Å². The molecule has 0 fully saturated rings. The van der Waals surface area contributed by atoms with Crippen molar-refractivity contribution in [2.24, 2.45) is 0 Å². The summed E-state index contributed by atoms with van der Waals surface area (Å²) in [4.78, 5) is 22.9. The van der Waals surface area contributed by atoms with E-state index in [1.165, 1.54) is 25.3 Å². The van der Waals surface area contributed by atoms with Crippen LogP contribution >= 0.6 is 23.2 Å². The maximum absolute atomic E-state index is 11.9. The molecular formula is C13H16Cl2N2O4. The van der Waals surface area contributed by atoms with Crippen LogP contribution in [0, 0.1) is 0 Å². The Labute approximate surface area is 132 Å². The highest BCUT2D eigenvalue weighted by Gasteiger charge is 2.20. The maximum atomic E-state index is 11.9. The number of carboxylic acids is 1. The number of carbonyl (C=O) groups excluding carboxylic acids is 1. The minimum atomic E-state index is -1.11. The number of hydrogen-bond donors (Lipinski definition) is 3. The Balaban J connectivity index is 2.58. The van der Waals surface area contributed by atoms with Gasteiger partial charge < -0.3 is 20.5 Å². The number of carboxylic acid groups (broad SMARTS) is 1. The number of anilines is 1. The zero-order valence-corrected chi connectivity index (χ0v) is 12.9. The summed E-state index contributed by atoms with van der Waals surface area (Å²) < 4.78 is 4.81. The molecule has 0 saturated carbocycles. The Morgan fingerprint density at radius 2 is 1.90 bits per heavy atom. The molecule has 21 heavy (non-hydrogen) atoms. The smallest absolute Gasteiger partial charge is 0.321 e. The van der Waals surface area contributed by atoms with E-state index >= 15 is 0 Å². The Bertz CT molecular complexity index is 491. The third-order valence-electron chi connectivity index (χ3n) is 2.53. The van der Waals surface area contributed by atoms with Gasteiger partial charge in [0.2, 0.25) is 5.91 Å². The fourth-order valence-electron chi connectivity index (χ4n) is 1.61. The van der Waals surface area contributed by atoms with Gasteiger partial charge in [-0.25, -0.2) is 0 Å². The van der Waals surface area contributed by atoms with Gasteiger partial charge in [-0.15, -0.1) is 0 Å². The van der Waals surface area contributed by atoms with Crippen molar-refractivity contribution in [3.63, 3.8) is 0 Å². The first-order valence-electron chi connectivity index (χ1n) is 6.13. The molecule has 0 spiro atoms. The molecule has 3 N–H and O–H groups in total. The molecule has 0 radical (unpaired) electrons. The van der Waals surface area contributed by atoms with Gasteiger partial charge in [-0.1, -0.05) is 23.2 Å². The normalized spacial score (nSPS) is 12.0. The van der Waals surface area contributed by atoms with Crippen molar-refractivity contribution < 1.29 is 19.4 Å². The zero-order valence-electron chi connectivity index (χ0n) is 11.4. The molecule has 0 aliphatic carbocycles. The van der Waals surface area contributed by atoms with Gasteiger partial charge >= 0.3 is 5.97 Å². The van der Waals surface area contributed by atoms with E-state index < -0.39 is 17.9 Å². The molecule has 1 aromatic carbocycles. The van der Waals surface area contributed by atoms with E-state index in [1.807, 2.05) is 0 Å². The molecule has 0 bridgehead atoms. The second-order valence-corrected chi connectivity index (χ2v) is 5.12. The van der Waals surface area contributed by atoms with Gasteiger partial charge in [0, 0.05) is 29.4 Å². The number of methoxy groups -OCH3 is 1. The molecule has 116 valence electrons. The molecule has 0 aromatic heterocycles. The van der Waals surface area contributed by atoms with Crippen LogP contribution in [-0.2, 0) is 14.3 Å². The quantitative estimate of drug-likeness (QED) is 0.633. The van der Waals surface area contributed by atoms with Crippen LogP contribution < -0.4 is 10.6 Å². The monoisotopic (exact) mass is 334 g/mol. The van der Waals surface area contributed by atoms with Crippen LogP contribution in [-0.4, -0.2) is 43.3 Å². The molecule has 8 heteroatoms. The van der Waals surface area contributed by atoms with E-state index in [9.17, 15) is 9.59 Å². The van der Waals surface area contributed by atoms with E-state index in [-0.39, 0.29) is 6.42 Å². The first kappa shape index (κ1) is 17.7. The molecule has 1 aromatic rings. The first-order chi connectivity index (χ1) is 9.92. The molecule has 6 nitrogen and oxygen atoms in total. The number of halogens is 2. The van der Waals surface area contributed by atoms with Gasteiger partial charge in [-0.3, -0.25) is 9.59 Å². The summed E-state index contributed by atoms with van der Waals surface area (Å²) >= 11 is 11.6. The summed E-state index contributed by atoms with van der Waals surface area (Å²) in [6, 6.07) is 3.60. The van der Waals surface area contributed by atoms with Crippen molar-refractivity contribution in [3.8, 4) is 0 Å². The number of benzene rings is 1. The number of amides is 1. The van der Waals surface area contributed by atoms with Gasteiger partial charge in [0.25, 0.3) is 0 Å². The van der Waals surface area contributed by atoms with Gasteiger partial charge in [0.05, 0.1) is 13.0 Å². The summed E-state index contributed by atoms with van der Waals surface area (Å²) in [5.74, 6) is -1.56. The molecular weight excluding hydrogens is 319 g/mol. The second kappa shape index (κ2) is 8.84. The van der Waals surface area contributed by atoms with Crippen LogP contribution in [0.25, 0.3) is 0 Å². The van der Waals surface area contributed by atoms with Crippen LogP contribution in [0.15, 0.2) is 18.2 Å². The lowest BCUT2D eigenvalue weighted by Gasteiger charge is -2.14. The summed E-state index contributed by atoms with van der Waals surface area (Å²) in [6.07, 6.45) is -0.219. The third kappa shape index (κ3) is 6.77. The lowest BCUT2D eigenvalue weighted by Crippen LogP contribution is -2.41. The molecule has 1 amide bonds. The van der Waals surface area contributed by atoms with E-state index in [0.717, 1.165) is 0 Å². The number of ether oxygens (including phenoxy) is 1. The van der Waals surface area contributed by atoms with Crippen molar-refractivity contribution in [2.45, 2.75) is 12.5 Å². The standard InChI is InChI=1S/C13H16Cl2N2O4/c1-21-3-2-16-11(13(19)20)7-12(18)17-10-5-8(14)4-9(15)6-10/h4-6,11,16H,2-3,7H2,1H3,(H,17,18)(H,19,20). The molecule has 0 heterocycles. The second-order valence-electron chi connectivity index (χ2n) is 4.25. The Morgan fingerprint density at radius 1 is 1.29 bits per heavy atom. The third-order valence-corrected chi connectivity index (χ3v) is 2.97. The summed E-state index contributed by atoms with van der Waals surface area (Å²) in [7, 11) is 1.51. The van der Waals surface area contributed by atoms with Crippen molar-refractivity contribution >= 4 is 40.8 Å². The van der Waals surface area contributed by atoms with Gasteiger partial charge in [0.1, 0.15) is 6.04 Å². The predicted octanol–water partition coefficient (Wildman–Crippen LogP) is 2.01. The topological polar surface area (TPSA) is 87.7 Å². The molecule has 0 aliphatic rings. The fraction of sp³-hybridized carbons (Fsp3) is 0.385. The Morgan fingerprint density at radius 3 is 2.43 bits per heavy atom. The maximum Gasteiger partial charge on any atom is 0.321 e. The fourth-order valence-corrected chi connectivity index (χ4v) is 2.13. The Kier molecular flexibility index (Phi) is 7.45. The van der Waals surface area contributed by atoms with Crippen LogP contribution in [0.2, 0.25) is 10.0 Å². The zero-order chi connectivity index (χ0) is 15.8. The number of aliphatic carboxylic acids is 1. The molecule has 0 saturated heterocycles. The average molecular weight is 335 g/mol. The summed E-state index contributed by atoms with van der Waals surface area (Å²) in [6.45, 7) is 0.693. The number of nitrogens with one attached hydrogen (secondary N) is 2. The van der Waals surface area contributed by atoms with Crippen molar-refractivity contribution in [2.75, 3.05) is 25.6 Å². The average Bonchev–Trinajstić information content (AvgIpc) is 2.36. The lowest BCUT2D eigenvalue weighted by atomic mass is 10.2. The van der Waals surface area contributed by atoms with E-state index in [2.05, 4.69) is 10.6 Å². The van der Waals surface area contributed by atoms with E-state index in [0.29, 0.717) is 28.9 Å².